The number of carbonyl (C=O) groups excluding carboxylic acids is 1. The Morgan fingerprint density at radius 1 is 1.30 bits per heavy atom. The second-order valence-electron chi connectivity index (χ2n) is 6.16. The van der Waals surface area contributed by atoms with E-state index in [-0.39, 0.29) is 0 Å². The first-order valence-corrected chi connectivity index (χ1v) is 6.21. The van der Waals surface area contributed by atoms with E-state index in [1.54, 1.807) is 20.8 Å². The van der Waals surface area contributed by atoms with Crippen LogP contribution in [0.2, 0.25) is 0 Å². The van der Waals surface area contributed by atoms with Crippen molar-refractivity contribution in [2.75, 3.05) is 6.54 Å². The number of carbonyl (C=O) groups is 2. The molecule has 1 fully saturated rings. The SMILES string of the molecule is CC(C)(C)[C@H](N)C(=O)N1C[C@H](C(F)(F)F)C[C@H]1C(=O)O. The predicted molar refractivity (Wildman–Crippen MR) is 64.7 cm³/mol. The number of nitrogens with two attached hydrogens (primary N) is 1. The number of carboxylic acids is 1. The highest BCUT2D eigenvalue weighted by Crippen LogP contribution is 2.37. The fourth-order valence-corrected chi connectivity index (χ4v) is 2.10. The lowest BCUT2D eigenvalue weighted by atomic mass is 9.86. The number of likely N-dealkylation sites (tertiary alicyclic amines) is 1. The molecule has 0 spiro atoms. The van der Waals surface area contributed by atoms with Crippen molar-refractivity contribution in [3.05, 3.63) is 0 Å². The topological polar surface area (TPSA) is 83.6 Å². The van der Waals surface area contributed by atoms with Gasteiger partial charge < -0.3 is 15.7 Å². The maximum absolute atomic E-state index is 12.7. The quantitative estimate of drug-likeness (QED) is 0.802. The van der Waals surface area contributed by atoms with Crippen molar-refractivity contribution in [2.24, 2.45) is 17.1 Å². The molecule has 1 aliphatic rings. The van der Waals surface area contributed by atoms with Gasteiger partial charge in [0.15, 0.2) is 0 Å². The van der Waals surface area contributed by atoms with Gasteiger partial charge in [-0.25, -0.2) is 4.79 Å². The molecule has 5 nitrogen and oxygen atoms in total. The van der Waals surface area contributed by atoms with Crippen molar-refractivity contribution in [1.82, 2.24) is 4.90 Å². The Kier molecular flexibility index (Phi) is 4.38. The van der Waals surface area contributed by atoms with Crippen molar-refractivity contribution in [3.63, 3.8) is 0 Å². The fourth-order valence-electron chi connectivity index (χ4n) is 2.10. The molecule has 3 atom stereocenters. The van der Waals surface area contributed by atoms with E-state index in [9.17, 15) is 22.8 Å². The summed E-state index contributed by atoms with van der Waals surface area (Å²) < 4.78 is 38.1. The summed E-state index contributed by atoms with van der Waals surface area (Å²) in [6, 6.07) is -2.51. The van der Waals surface area contributed by atoms with Crippen molar-refractivity contribution in [1.29, 1.82) is 0 Å². The van der Waals surface area contributed by atoms with Gasteiger partial charge in [-0.2, -0.15) is 13.2 Å². The number of halogens is 3. The minimum Gasteiger partial charge on any atom is -0.480 e. The van der Waals surface area contributed by atoms with Gasteiger partial charge in [0, 0.05) is 6.54 Å². The smallest absolute Gasteiger partial charge is 0.393 e. The molecule has 1 heterocycles. The van der Waals surface area contributed by atoms with Crippen molar-refractivity contribution < 1.29 is 27.9 Å². The number of amides is 1. The van der Waals surface area contributed by atoms with E-state index in [2.05, 4.69) is 0 Å². The summed E-state index contributed by atoms with van der Waals surface area (Å²) in [4.78, 5) is 24.0. The van der Waals surface area contributed by atoms with Crippen LogP contribution in [-0.2, 0) is 9.59 Å². The molecule has 1 aliphatic heterocycles. The van der Waals surface area contributed by atoms with Gasteiger partial charge in [-0.15, -0.1) is 0 Å². The van der Waals surface area contributed by atoms with Crippen molar-refractivity contribution in [3.8, 4) is 0 Å². The van der Waals surface area contributed by atoms with E-state index in [0.29, 0.717) is 0 Å². The Morgan fingerprint density at radius 3 is 2.15 bits per heavy atom. The third-order valence-corrected chi connectivity index (χ3v) is 3.53. The highest BCUT2D eigenvalue weighted by molar-refractivity contribution is 5.88. The summed E-state index contributed by atoms with van der Waals surface area (Å²) in [5, 5.41) is 9.00. The van der Waals surface area contributed by atoms with E-state index >= 15 is 0 Å². The van der Waals surface area contributed by atoms with Gasteiger partial charge in [-0.1, -0.05) is 20.8 Å². The lowest BCUT2D eigenvalue weighted by Gasteiger charge is -2.31. The van der Waals surface area contributed by atoms with Gasteiger partial charge in [0.05, 0.1) is 12.0 Å². The lowest BCUT2D eigenvalue weighted by Crippen LogP contribution is -2.53. The van der Waals surface area contributed by atoms with E-state index in [1.807, 2.05) is 0 Å². The monoisotopic (exact) mass is 296 g/mol. The third-order valence-electron chi connectivity index (χ3n) is 3.53. The second kappa shape index (κ2) is 5.23. The molecular formula is C12H19F3N2O3. The Hall–Kier alpha value is -1.31. The zero-order valence-electron chi connectivity index (χ0n) is 11.6. The molecule has 0 aliphatic carbocycles. The van der Waals surface area contributed by atoms with Crippen LogP contribution in [0.4, 0.5) is 13.2 Å². The Bertz CT molecular complexity index is 404. The molecule has 0 radical (unpaired) electrons. The van der Waals surface area contributed by atoms with E-state index < -0.39 is 54.4 Å². The molecule has 0 aromatic heterocycles. The van der Waals surface area contributed by atoms with Crippen LogP contribution in [0, 0.1) is 11.3 Å². The van der Waals surface area contributed by atoms with E-state index in [4.69, 9.17) is 10.8 Å². The number of hydrogen-bond donors (Lipinski definition) is 2. The van der Waals surface area contributed by atoms with Crippen LogP contribution < -0.4 is 5.73 Å². The average Bonchev–Trinajstić information content (AvgIpc) is 2.70. The minimum absolute atomic E-state index is 0.624. The summed E-state index contributed by atoms with van der Waals surface area (Å²) in [5.41, 5.74) is 5.07. The van der Waals surface area contributed by atoms with Crippen LogP contribution in [0.1, 0.15) is 27.2 Å². The van der Waals surface area contributed by atoms with Gasteiger partial charge >= 0.3 is 12.1 Å². The van der Waals surface area contributed by atoms with Crippen LogP contribution in [0.25, 0.3) is 0 Å². The summed E-state index contributed by atoms with van der Waals surface area (Å²) in [7, 11) is 0. The zero-order valence-corrected chi connectivity index (χ0v) is 11.6. The van der Waals surface area contributed by atoms with Crippen molar-refractivity contribution >= 4 is 11.9 Å². The Labute approximate surface area is 114 Å². The van der Waals surface area contributed by atoms with Crippen molar-refractivity contribution in [2.45, 2.75) is 45.5 Å². The number of rotatable bonds is 2. The maximum atomic E-state index is 12.7. The summed E-state index contributed by atoms with van der Waals surface area (Å²) >= 11 is 0. The normalized spacial score (nSPS) is 25.6. The third kappa shape index (κ3) is 3.41. The first kappa shape index (κ1) is 16.7. The van der Waals surface area contributed by atoms with E-state index in [1.165, 1.54) is 0 Å². The van der Waals surface area contributed by atoms with Gasteiger partial charge in [0.2, 0.25) is 5.91 Å². The maximum Gasteiger partial charge on any atom is 0.393 e. The first-order chi connectivity index (χ1) is 8.85. The number of carboxylic acid groups (broad SMARTS) is 1. The van der Waals surface area contributed by atoms with Crippen LogP contribution in [0.3, 0.4) is 0 Å². The highest BCUT2D eigenvalue weighted by atomic mass is 19.4. The lowest BCUT2D eigenvalue weighted by molar-refractivity contribution is -0.171. The minimum atomic E-state index is -4.52. The molecule has 3 N–H and O–H groups in total. The average molecular weight is 296 g/mol. The first-order valence-electron chi connectivity index (χ1n) is 6.21. The number of nitrogens with zero attached hydrogens (tertiary/aromatic N) is 1. The Morgan fingerprint density at radius 2 is 1.80 bits per heavy atom. The molecular weight excluding hydrogens is 277 g/mol. The highest BCUT2D eigenvalue weighted by Gasteiger charge is 2.52. The number of hydrogen-bond acceptors (Lipinski definition) is 3. The van der Waals surface area contributed by atoms with Gasteiger partial charge in [0.1, 0.15) is 6.04 Å². The molecule has 0 bridgehead atoms. The van der Waals surface area contributed by atoms with Crippen LogP contribution in [0.5, 0.6) is 0 Å². The molecule has 1 saturated heterocycles. The van der Waals surface area contributed by atoms with Crippen LogP contribution >= 0.6 is 0 Å². The molecule has 1 rings (SSSR count). The van der Waals surface area contributed by atoms with Crippen LogP contribution in [-0.4, -0.2) is 46.7 Å². The predicted octanol–water partition coefficient (Wildman–Crippen LogP) is 1.22. The van der Waals surface area contributed by atoms with Crippen LogP contribution in [0.15, 0.2) is 0 Å². The fraction of sp³-hybridized carbons (Fsp3) is 0.833. The van der Waals surface area contributed by atoms with Gasteiger partial charge in [-0.05, 0) is 11.8 Å². The largest absolute Gasteiger partial charge is 0.480 e. The molecule has 1 amide bonds. The van der Waals surface area contributed by atoms with Gasteiger partial charge in [-0.3, -0.25) is 4.79 Å². The molecule has 20 heavy (non-hydrogen) atoms. The zero-order chi connectivity index (χ0) is 15.9. The number of alkyl halides is 3. The molecule has 0 aromatic rings. The molecule has 0 aromatic carbocycles. The summed E-state index contributed by atoms with van der Waals surface area (Å²) in [6.07, 6.45) is -5.14. The number of aliphatic carboxylic acids is 1. The Balaban J connectivity index is 2.97. The molecule has 0 unspecified atom stereocenters. The molecule has 0 saturated carbocycles. The summed E-state index contributed by atoms with van der Waals surface area (Å²) in [5.74, 6) is -4.01. The second-order valence-corrected chi connectivity index (χ2v) is 6.16. The van der Waals surface area contributed by atoms with E-state index in [0.717, 1.165) is 4.90 Å². The standard InChI is InChI=1S/C12H19F3N2O3/c1-11(2,3)8(16)9(18)17-5-6(12(13,14)15)4-7(17)10(19)20/h6-8H,4-5,16H2,1-3H3,(H,19,20)/t6-,7+,8-/m1/s1. The summed E-state index contributed by atoms with van der Waals surface area (Å²) in [6.45, 7) is 4.36. The van der Waals surface area contributed by atoms with Gasteiger partial charge in [0.25, 0.3) is 0 Å². The molecule has 116 valence electrons. The molecule has 8 heteroatoms.